The van der Waals surface area contributed by atoms with Crippen molar-refractivity contribution in [3.63, 3.8) is 0 Å². The molecule has 4 nitrogen and oxygen atoms in total. The van der Waals surface area contributed by atoms with Gasteiger partial charge in [-0.3, -0.25) is 4.79 Å². The first-order valence-corrected chi connectivity index (χ1v) is 8.70. The molecule has 2 rings (SSSR count). The molecule has 1 unspecified atom stereocenters. The van der Waals surface area contributed by atoms with Crippen molar-refractivity contribution in [3.05, 3.63) is 35.4 Å². The standard InChI is InChI=1S/C19H26F2N2O2/c1-19(2,15-8-7-14(20)9-16(15)21)18(25)23-10-17(22)13-5-3-12(11-24)4-6-13/h7-9,11-13,17H,3-6,10,22H2,1-2H3,(H,23,25). The molecule has 1 fully saturated rings. The van der Waals surface area contributed by atoms with Crippen LogP contribution in [0.1, 0.15) is 45.1 Å². The molecule has 138 valence electrons. The first kappa shape index (κ1) is 19.5. The van der Waals surface area contributed by atoms with Crippen LogP contribution in [0.25, 0.3) is 0 Å². The van der Waals surface area contributed by atoms with Gasteiger partial charge >= 0.3 is 0 Å². The van der Waals surface area contributed by atoms with Gasteiger partial charge in [0.25, 0.3) is 0 Å². The molecule has 25 heavy (non-hydrogen) atoms. The van der Waals surface area contributed by atoms with Crippen LogP contribution in [0.3, 0.4) is 0 Å². The predicted molar refractivity (Wildman–Crippen MR) is 91.9 cm³/mol. The lowest BCUT2D eigenvalue weighted by Gasteiger charge is -2.31. The highest BCUT2D eigenvalue weighted by Crippen LogP contribution is 2.30. The summed E-state index contributed by atoms with van der Waals surface area (Å²) in [5.41, 5.74) is 5.20. The van der Waals surface area contributed by atoms with Crippen LogP contribution in [0, 0.1) is 23.5 Å². The number of nitrogens with one attached hydrogen (secondary N) is 1. The van der Waals surface area contributed by atoms with E-state index in [0.29, 0.717) is 6.54 Å². The van der Waals surface area contributed by atoms with E-state index in [0.717, 1.165) is 44.1 Å². The summed E-state index contributed by atoms with van der Waals surface area (Å²) < 4.78 is 27.1. The third kappa shape index (κ3) is 4.63. The smallest absolute Gasteiger partial charge is 0.230 e. The largest absolute Gasteiger partial charge is 0.354 e. The van der Waals surface area contributed by atoms with E-state index >= 15 is 0 Å². The van der Waals surface area contributed by atoms with E-state index in [9.17, 15) is 18.4 Å². The first-order valence-electron chi connectivity index (χ1n) is 8.70. The van der Waals surface area contributed by atoms with Gasteiger partial charge in [0.05, 0.1) is 5.41 Å². The van der Waals surface area contributed by atoms with Crippen LogP contribution in [0.2, 0.25) is 0 Å². The summed E-state index contributed by atoms with van der Waals surface area (Å²) in [7, 11) is 0. The molecule has 1 saturated carbocycles. The maximum absolute atomic E-state index is 14.0. The van der Waals surface area contributed by atoms with E-state index in [1.807, 2.05) is 0 Å². The fourth-order valence-electron chi connectivity index (χ4n) is 3.43. The molecule has 0 saturated heterocycles. The highest BCUT2D eigenvalue weighted by atomic mass is 19.1. The number of amides is 1. The van der Waals surface area contributed by atoms with Gasteiger partial charge in [0, 0.05) is 30.1 Å². The van der Waals surface area contributed by atoms with Gasteiger partial charge in [-0.2, -0.15) is 0 Å². The molecule has 0 aromatic heterocycles. The Morgan fingerprint density at radius 2 is 1.96 bits per heavy atom. The summed E-state index contributed by atoms with van der Waals surface area (Å²) in [5, 5.41) is 2.79. The minimum absolute atomic E-state index is 0.124. The molecular weight excluding hydrogens is 326 g/mol. The third-order valence-electron chi connectivity index (χ3n) is 5.28. The molecule has 1 amide bonds. The van der Waals surface area contributed by atoms with E-state index in [4.69, 9.17) is 5.73 Å². The Hall–Kier alpha value is -1.82. The van der Waals surface area contributed by atoms with Gasteiger partial charge in [-0.05, 0) is 51.5 Å². The molecule has 0 radical (unpaired) electrons. The number of halogens is 2. The number of rotatable bonds is 6. The predicted octanol–water partition coefficient (Wildman–Crippen LogP) is 2.69. The van der Waals surface area contributed by atoms with Crippen LogP contribution in [-0.2, 0) is 15.0 Å². The Morgan fingerprint density at radius 1 is 1.32 bits per heavy atom. The van der Waals surface area contributed by atoms with Crippen molar-refractivity contribution in [2.45, 2.75) is 51.0 Å². The number of hydrogen-bond acceptors (Lipinski definition) is 3. The summed E-state index contributed by atoms with van der Waals surface area (Å²) in [6, 6.07) is 3.02. The van der Waals surface area contributed by atoms with Crippen molar-refractivity contribution in [1.82, 2.24) is 5.32 Å². The van der Waals surface area contributed by atoms with Crippen LogP contribution >= 0.6 is 0 Å². The zero-order valence-corrected chi connectivity index (χ0v) is 14.7. The average Bonchev–Trinajstić information content (AvgIpc) is 2.59. The van der Waals surface area contributed by atoms with Crippen molar-refractivity contribution in [1.29, 1.82) is 0 Å². The van der Waals surface area contributed by atoms with Gasteiger partial charge in [-0.15, -0.1) is 0 Å². The van der Waals surface area contributed by atoms with E-state index in [1.165, 1.54) is 6.07 Å². The second-order valence-corrected chi connectivity index (χ2v) is 7.43. The van der Waals surface area contributed by atoms with Gasteiger partial charge in [-0.1, -0.05) is 6.07 Å². The Balaban J connectivity index is 1.93. The van der Waals surface area contributed by atoms with E-state index in [2.05, 4.69) is 5.32 Å². The Labute approximate surface area is 147 Å². The van der Waals surface area contributed by atoms with Crippen molar-refractivity contribution >= 4 is 12.2 Å². The summed E-state index contributed by atoms with van der Waals surface area (Å²) in [4.78, 5) is 23.3. The Bertz CT molecular complexity index is 626. The quantitative estimate of drug-likeness (QED) is 0.773. The highest BCUT2D eigenvalue weighted by molar-refractivity contribution is 5.87. The maximum Gasteiger partial charge on any atom is 0.230 e. The van der Waals surface area contributed by atoms with Gasteiger partial charge in [0.2, 0.25) is 5.91 Å². The molecule has 0 spiro atoms. The molecule has 1 aromatic carbocycles. The molecule has 0 heterocycles. The summed E-state index contributed by atoms with van der Waals surface area (Å²) >= 11 is 0. The number of nitrogens with two attached hydrogens (primary N) is 1. The Morgan fingerprint density at radius 3 is 2.52 bits per heavy atom. The fourth-order valence-corrected chi connectivity index (χ4v) is 3.43. The maximum atomic E-state index is 14.0. The number of carbonyl (C=O) groups is 2. The molecule has 1 aromatic rings. The fraction of sp³-hybridized carbons (Fsp3) is 0.579. The van der Waals surface area contributed by atoms with Crippen molar-refractivity contribution < 1.29 is 18.4 Å². The van der Waals surface area contributed by atoms with Gasteiger partial charge in [-0.25, -0.2) is 8.78 Å². The number of benzene rings is 1. The lowest BCUT2D eigenvalue weighted by molar-refractivity contribution is -0.125. The van der Waals surface area contributed by atoms with Crippen LogP contribution in [-0.4, -0.2) is 24.8 Å². The second-order valence-electron chi connectivity index (χ2n) is 7.43. The molecule has 0 aliphatic heterocycles. The minimum Gasteiger partial charge on any atom is -0.354 e. The second kappa shape index (κ2) is 8.04. The van der Waals surface area contributed by atoms with E-state index in [1.54, 1.807) is 13.8 Å². The zero-order chi connectivity index (χ0) is 18.6. The molecule has 6 heteroatoms. The van der Waals surface area contributed by atoms with Crippen LogP contribution in [0.15, 0.2) is 18.2 Å². The normalized spacial score (nSPS) is 22.3. The Kier molecular flexibility index (Phi) is 6.27. The lowest BCUT2D eigenvalue weighted by Crippen LogP contribution is -2.48. The number of aldehydes is 1. The average molecular weight is 352 g/mol. The van der Waals surface area contributed by atoms with Crippen molar-refractivity contribution in [2.75, 3.05) is 6.54 Å². The molecule has 1 aliphatic rings. The highest BCUT2D eigenvalue weighted by Gasteiger charge is 2.33. The molecule has 3 N–H and O–H groups in total. The summed E-state index contributed by atoms with van der Waals surface area (Å²) in [6.45, 7) is 3.49. The number of hydrogen-bond donors (Lipinski definition) is 2. The van der Waals surface area contributed by atoms with E-state index in [-0.39, 0.29) is 29.3 Å². The van der Waals surface area contributed by atoms with E-state index < -0.39 is 17.0 Å². The number of carbonyl (C=O) groups excluding carboxylic acids is 2. The van der Waals surface area contributed by atoms with Crippen molar-refractivity contribution in [3.8, 4) is 0 Å². The first-order chi connectivity index (χ1) is 11.8. The topological polar surface area (TPSA) is 72.2 Å². The van der Waals surface area contributed by atoms with Crippen LogP contribution in [0.4, 0.5) is 8.78 Å². The molecule has 1 aliphatic carbocycles. The SMILES string of the molecule is CC(C)(C(=O)NCC(N)C1CCC(C=O)CC1)c1ccc(F)cc1F. The minimum atomic E-state index is -1.13. The summed E-state index contributed by atoms with van der Waals surface area (Å²) in [6.07, 6.45) is 4.42. The van der Waals surface area contributed by atoms with Gasteiger partial charge in [0.15, 0.2) is 0 Å². The lowest BCUT2D eigenvalue weighted by atomic mass is 9.79. The van der Waals surface area contributed by atoms with Gasteiger partial charge < -0.3 is 15.8 Å². The van der Waals surface area contributed by atoms with Crippen LogP contribution in [0.5, 0.6) is 0 Å². The zero-order valence-electron chi connectivity index (χ0n) is 14.7. The van der Waals surface area contributed by atoms with Gasteiger partial charge in [0.1, 0.15) is 17.9 Å². The summed E-state index contributed by atoms with van der Waals surface area (Å²) in [5.74, 6) is -1.38. The molecule has 1 atom stereocenters. The molecule has 0 bridgehead atoms. The van der Waals surface area contributed by atoms with Crippen molar-refractivity contribution in [2.24, 2.45) is 17.6 Å². The third-order valence-corrected chi connectivity index (χ3v) is 5.28. The van der Waals surface area contributed by atoms with Crippen LogP contribution < -0.4 is 11.1 Å². The molecular formula is C19H26F2N2O2. The monoisotopic (exact) mass is 352 g/mol.